The van der Waals surface area contributed by atoms with E-state index in [0.29, 0.717) is 17.4 Å². The molecule has 0 fully saturated rings. The maximum absolute atomic E-state index is 13.5. The van der Waals surface area contributed by atoms with Gasteiger partial charge in [-0.3, -0.25) is 0 Å². The number of imidazole rings is 1. The minimum atomic E-state index is -0.274. The lowest BCUT2D eigenvalue weighted by atomic mass is 10.1. The second kappa shape index (κ2) is 6.40. The lowest BCUT2D eigenvalue weighted by molar-refractivity contribution is 0.621. The van der Waals surface area contributed by atoms with Gasteiger partial charge in [0.2, 0.25) is 0 Å². The molecule has 0 saturated heterocycles. The first-order chi connectivity index (χ1) is 10.6. The van der Waals surface area contributed by atoms with Crippen LogP contribution in [0.15, 0.2) is 59.3 Å². The fourth-order valence-electron chi connectivity index (χ4n) is 2.33. The number of benzene rings is 2. The van der Waals surface area contributed by atoms with Crippen LogP contribution in [0, 0.1) is 11.6 Å². The Morgan fingerprint density at radius 3 is 2.45 bits per heavy atom. The van der Waals surface area contributed by atoms with Crippen molar-refractivity contribution in [2.75, 3.05) is 0 Å². The molecule has 0 aliphatic carbocycles. The summed E-state index contributed by atoms with van der Waals surface area (Å²) in [7, 11) is 0. The molecule has 0 amide bonds. The first-order valence-electron chi connectivity index (χ1n) is 6.79. The largest absolute Gasteiger partial charge is 0.330 e. The van der Waals surface area contributed by atoms with Crippen molar-refractivity contribution < 1.29 is 8.78 Å². The van der Waals surface area contributed by atoms with Crippen LogP contribution in [0.3, 0.4) is 0 Å². The molecule has 1 heterocycles. The number of rotatable bonds is 4. The molecule has 2 nitrogen and oxygen atoms in total. The van der Waals surface area contributed by atoms with Crippen molar-refractivity contribution in [2.45, 2.75) is 13.0 Å². The van der Waals surface area contributed by atoms with Gasteiger partial charge in [0, 0.05) is 29.8 Å². The molecule has 2 aromatic carbocycles. The van der Waals surface area contributed by atoms with Crippen LogP contribution in [0.2, 0.25) is 0 Å². The number of halogens is 3. The number of hydrogen-bond donors (Lipinski definition) is 0. The van der Waals surface area contributed by atoms with Gasteiger partial charge in [0.15, 0.2) is 0 Å². The van der Waals surface area contributed by atoms with Crippen molar-refractivity contribution in [2.24, 2.45) is 0 Å². The molecule has 5 heteroatoms. The van der Waals surface area contributed by atoms with Crippen molar-refractivity contribution in [3.8, 4) is 0 Å². The summed E-state index contributed by atoms with van der Waals surface area (Å²) in [6.07, 6.45) is 4.18. The summed E-state index contributed by atoms with van der Waals surface area (Å²) in [5.41, 5.74) is 1.83. The normalized spacial score (nSPS) is 10.9. The van der Waals surface area contributed by atoms with Crippen molar-refractivity contribution in [1.29, 1.82) is 0 Å². The van der Waals surface area contributed by atoms with E-state index in [0.717, 1.165) is 17.0 Å². The Kier molecular flexibility index (Phi) is 4.34. The first kappa shape index (κ1) is 14.9. The van der Waals surface area contributed by atoms with E-state index in [9.17, 15) is 8.78 Å². The Balaban J connectivity index is 1.81. The molecule has 3 aromatic rings. The summed E-state index contributed by atoms with van der Waals surface area (Å²) < 4.78 is 29.1. The highest BCUT2D eigenvalue weighted by molar-refractivity contribution is 9.10. The van der Waals surface area contributed by atoms with E-state index in [-0.39, 0.29) is 11.6 Å². The van der Waals surface area contributed by atoms with E-state index in [2.05, 4.69) is 20.9 Å². The second-order valence-electron chi connectivity index (χ2n) is 5.05. The van der Waals surface area contributed by atoms with Gasteiger partial charge >= 0.3 is 0 Å². The molecule has 22 heavy (non-hydrogen) atoms. The van der Waals surface area contributed by atoms with E-state index in [1.165, 1.54) is 24.3 Å². The van der Waals surface area contributed by atoms with E-state index in [1.807, 2.05) is 16.8 Å². The Bertz CT molecular complexity index is 761. The van der Waals surface area contributed by atoms with Crippen LogP contribution in [-0.4, -0.2) is 9.55 Å². The number of nitrogens with zero attached hydrogens (tertiary/aromatic N) is 2. The zero-order chi connectivity index (χ0) is 15.5. The van der Waals surface area contributed by atoms with E-state index in [4.69, 9.17) is 0 Å². The quantitative estimate of drug-likeness (QED) is 0.664. The molecule has 0 radical (unpaired) electrons. The summed E-state index contributed by atoms with van der Waals surface area (Å²) in [6, 6.07) is 11.2. The van der Waals surface area contributed by atoms with Crippen molar-refractivity contribution in [3.05, 3.63) is 87.9 Å². The van der Waals surface area contributed by atoms with Gasteiger partial charge in [-0.25, -0.2) is 13.8 Å². The van der Waals surface area contributed by atoms with Gasteiger partial charge in [0.1, 0.15) is 17.5 Å². The van der Waals surface area contributed by atoms with Crippen LogP contribution in [0.4, 0.5) is 8.78 Å². The third-order valence-electron chi connectivity index (χ3n) is 3.35. The second-order valence-corrected chi connectivity index (χ2v) is 5.97. The predicted octanol–water partition coefficient (Wildman–Crippen LogP) is 4.56. The number of aromatic nitrogens is 2. The van der Waals surface area contributed by atoms with Gasteiger partial charge in [0.05, 0.1) is 0 Å². The smallest absolute Gasteiger partial charge is 0.124 e. The van der Waals surface area contributed by atoms with E-state index in [1.54, 1.807) is 18.3 Å². The van der Waals surface area contributed by atoms with Crippen LogP contribution in [0.25, 0.3) is 0 Å². The first-order valence-corrected chi connectivity index (χ1v) is 7.59. The Hall–Kier alpha value is -2.01. The molecule has 0 aliphatic heterocycles. The third-order valence-corrected chi connectivity index (χ3v) is 3.81. The predicted molar refractivity (Wildman–Crippen MR) is 84.6 cm³/mol. The highest BCUT2D eigenvalue weighted by Crippen LogP contribution is 2.17. The molecule has 1 aromatic heterocycles. The molecule has 0 aliphatic rings. The molecule has 3 rings (SSSR count). The third kappa shape index (κ3) is 3.60. The standard InChI is InChI=1S/C17H13BrF2N2/c18-14-7-13(8-16(20)10-14)11-22-6-5-21-17(22)9-12-1-3-15(19)4-2-12/h1-8,10H,9,11H2. The summed E-state index contributed by atoms with van der Waals surface area (Å²) in [5, 5.41) is 0. The minimum Gasteiger partial charge on any atom is -0.330 e. The van der Waals surface area contributed by atoms with Crippen LogP contribution < -0.4 is 0 Å². The molecule has 0 bridgehead atoms. The lowest BCUT2D eigenvalue weighted by Gasteiger charge is -2.09. The number of hydrogen-bond acceptors (Lipinski definition) is 1. The summed E-state index contributed by atoms with van der Waals surface area (Å²) >= 11 is 3.30. The molecular weight excluding hydrogens is 350 g/mol. The van der Waals surface area contributed by atoms with Gasteiger partial charge in [-0.15, -0.1) is 0 Å². The van der Waals surface area contributed by atoms with Gasteiger partial charge < -0.3 is 4.57 Å². The van der Waals surface area contributed by atoms with Gasteiger partial charge in [-0.1, -0.05) is 28.1 Å². The SMILES string of the molecule is Fc1ccc(Cc2nccn2Cc2cc(F)cc(Br)c2)cc1. The molecule has 112 valence electrons. The Labute approximate surface area is 135 Å². The summed E-state index contributed by atoms with van der Waals surface area (Å²) in [4.78, 5) is 4.34. The van der Waals surface area contributed by atoms with Crippen LogP contribution in [0.1, 0.15) is 17.0 Å². The molecule has 0 saturated carbocycles. The monoisotopic (exact) mass is 362 g/mol. The highest BCUT2D eigenvalue weighted by atomic mass is 79.9. The average Bonchev–Trinajstić information content (AvgIpc) is 2.87. The van der Waals surface area contributed by atoms with Crippen molar-refractivity contribution in [3.63, 3.8) is 0 Å². The summed E-state index contributed by atoms with van der Waals surface area (Å²) in [6.45, 7) is 0.535. The highest BCUT2D eigenvalue weighted by Gasteiger charge is 2.07. The zero-order valence-corrected chi connectivity index (χ0v) is 13.2. The fourth-order valence-corrected chi connectivity index (χ4v) is 2.85. The minimum absolute atomic E-state index is 0.253. The maximum atomic E-state index is 13.5. The Morgan fingerprint density at radius 1 is 0.955 bits per heavy atom. The van der Waals surface area contributed by atoms with Crippen LogP contribution >= 0.6 is 15.9 Å². The van der Waals surface area contributed by atoms with Gasteiger partial charge in [0.25, 0.3) is 0 Å². The van der Waals surface area contributed by atoms with Crippen molar-refractivity contribution in [1.82, 2.24) is 9.55 Å². The van der Waals surface area contributed by atoms with Gasteiger partial charge in [-0.05, 0) is 41.5 Å². The lowest BCUT2D eigenvalue weighted by Crippen LogP contribution is -2.05. The summed E-state index contributed by atoms with van der Waals surface area (Å²) in [5.74, 6) is 0.327. The fraction of sp³-hybridized carbons (Fsp3) is 0.118. The van der Waals surface area contributed by atoms with E-state index < -0.39 is 0 Å². The van der Waals surface area contributed by atoms with Crippen LogP contribution in [-0.2, 0) is 13.0 Å². The van der Waals surface area contributed by atoms with Crippen LogP contribution in [0.5, 0.6) is 0 Å². The average molecular weight is 363 g/mol. The van der Waals surface area contributed by atoms with Crippen molar-refractivity contribution >= 4 is 15.9 Å². The van der Waals surface area contributed by atoms with Gasteiger partial charge in [-0.2, -0.15) is 0 Å². The maximum Gasteiger partial charge on any atom is 0.124 e. The van der Waals surface area contributed by atoms with E-state index >= 15 is 0 Å². The molecule has 0 unspecified atom stereocenters. The zero-order valence-electron chi connectivity index (χ0n) is 11.6. The molecule has 0 atom stereocenters. The Morgan fingerprint density at radius 2 is 1.73 bits per heavy atom. The molecule has 0 N–H and O–H groups in total. The molecule has 0 spiro atoms. The topological polar surface area (TPSA) is 17.8 Å². The molecular formula is C17H13BrF2N2.